The minimum absolute atomic E-state index is 0.0570. The molecule has 0 radical (unpaired) electrons. The second kappa shape index (κ2) is 22.4. The summed E-state index contributed by atoms with van der Waals surface area (Å²) in [4.78, 5) is 21.5. The quantitative estimate of drug-likeness (QED) is 0.314. The van der Waals surface area contributed by atoms with Crippen molar-refractivity contribution < 1.29 is 14.3 Å². The molecule has 25 heavy (non-hydrogen) atoms. The molecule has 3 heteroatoms. The highest BCUT2D eigenvalue weighted by Gasteiger charge is 1.99. The number of carbonyl (C=O) groups excluding carboxylic acids is 2. The Kier molecular flexibility index (Phi) is 25.2. The number of benzene rings is 1. The molecule has 1 aromatic rings. The summed E-state index contributed by atoms with van der Waals surface area (Å²) in [5.74, 6) is -0.211. The molecule has 0 aliphatic carbocycles. The van der Waals surface area contributed by atoms with Crippen LogP contribution < -0.4 is 0 Å². The summed E-state index contributed by atoms with van der Waals surface area (Å²) in [6.45, 7) is 15.8. The molecule has 0 heterocycles. The smallest absolute Gasteiger partial charge is 0.302 e. The standard InChI is InChI=1S/C12H14O3.C6H14.2C2H6/c1-9(13)12-5-3-11(4-6-12)7-8-15-10(2)14;1-3-5-6-4-2;2*1-2/h3-6H,7-8H2,1-2H3;3-6H2,1-2H3;2*1-2H3. The molecule has 3 nitrogen and oxygen atoms in total. The number of Topliss-reactive ketones (excluding diaryl/α,β-unsaturated/α-hetero) is 1. The third kappa shape index (κ3) is 20.3. The van der Waals surface area contributed by atoms with Crippen LogP contribution in [0.3, 0.4) is 0 Å². The number of unbranched alkanes of at least 4 members (excludes halogenated alkanes) is 3. The number of esters is 1. The number of rotatable bonds is 7. The van der Waals surface area contributed by atoms with Gasteiger partial charge in [-0.25, -0.2) is 0 Å². The Balaban J connectivity index is -0.000000407. The molecule has 0 spiro atoms. The van der Waals surface area contributed by atoms with Crippen LogP contribution in [0.5, 0.6) is 0 Å². The van der Waals surface area contributed by atoms with E-state index in [4.69, 9.17) is 4.74 Å². The van der Waals surface area contributed by atoms with Crippen molar-refractivity contribution in [3.63, 3.8) is 0 Å². The molecule has 0 aromatic heterocycles. The molecule has 0 bridgehead atoms. The van der Waals surface area contributed by atoms with Gasteiger partial charge in [-0.15, -0.1) is 0 Å². The van der Waals surface area contributed by atoms with Crippen LogP contribution in [0.15, 0.2) is 24.3 Å². The summed E-state index contributed by atoms with van der Waals surface area (Å²) in [7, 11) is 0. The van der Waals surface area contributed by atoms with Gasteiger partial charge in [0.1, 0.15) is 0 Å². The molecule has 0 saturated carbocycles. The van der Waals surface area contributed by atoms with Crippen LogP contribution in [0.4, 0.5) is 0 Å². The predicted molar refractivity (Wildman–Crippen MR) is 109 cm³/mol. The summed E-state index contributed by atoms with van der Waals surface area (Å²) in [6.07, 6.45) is 6.21. The zero-order valence-corrected chi connectivity index (χ0v) is 17.8. The third-order valence-corrected chi connectivity index (χ3v) is 3.01. The Hall–Kier alpha value is -1.64. The van der Waals surface area contributed by atoms with Gasteiger partial charge in [0.2, 0.25) is 0 Å². The van der Waals surface area contributed by atoms with Crippen molar-refractivity contribution in [1.29, 1.82) is 0 Å². The van der Waals surface area contributed by atoms with Crippen molar-refractivity contribution in [2.24, 2.45) is 0 Å². The lowest BCUT2D eigenvalue weighted by Gasteiger charge is -2.02. The molecule has 1 aromatic carbocycles. The van der Waals surface area contributed by atoms with Gasteiger partial charge in [0.15, 0.2) is 5.78 Å². The van der Waals surface area contributed by atoms with Gasteiger partial charge in [0, 0.05) is 18.9 Å². The Morgan fingerprint density at radius 2 is 1.28 bits per heavy atom. The van der Waals surface area contributed by atoms with E-state index in [1.807, 2.05) is 39.8 Å². The fourth-order valence-corrected chi connectivity index (χ4v) is 1.72. The molecular weight excluding hydrogens is 312 g/mol. The van der Waals surface area contributed by atoms with Gasteiger partial charge in [-0.3, -0.25) is 9.59 Å². The number of ketones is 1. The predicted octanol–water partition coefficient (Wildman–Crippen LogP) is 6.63. The summed E-state index contributed by atoms with van der Waals surface area (Å²) in [5, 5.41) is 0. The average Bonchev–Trinajstić information content (AvgIpc) is 2.64. The van der Waals surface area contributed by atoms with Crippen LogP contribution >= 0.6 is 0 Å². The number of hydrogen-bond acceptors (Lipinski definition) is 3. The number of ether oxygens (including phenoxy) is 1. The van der Waals surface area contributed by atoms with Crippen LogP contribution in [-0.4, -0.2) is 18.4 Å². The largest absolute Gasteiger partial charge is 0.466 e. The van der Waals surface area contributed by atoms with Crippen LogP contribution in [0.25, 0.3) is 0 Å². The SMILES string of the molecule is CC.CC.CC(=O)OCCc1ccc(C(C)=O)cc1.CCCCCC. The summed E-state index contributed by atoms with van der Waals surface area (Å²) in [6, 6.07) is 7.32. The maximum absolute atomic E-state index is 11.0. The molecule has 1 rings (SSSR count). The van der Waals surface area contributed by atoms with E-state index in [2.05, 4.69) is 13.8 Å². The van der Waals surface area contributed by atoms with Crippen molar-refractivity contribution in [2.75, 3.05) is 6.61 Å². The molecule has 0 saturated heterocycles. The first-order valence-electron chi connectivity index (χ1n) is 9.74. The maximum Gasteiger partial charge on any atom is 0.302 e. The minimum atomic E-state index is -0.268. The van der Waals surface area contributed by atoms with Crippen LogP contribution in [0.2, 0.25) is 0 Å². The monoisotopic (exact) mass is 352 g/mol. The summed E-state index contributed by atoms with van der Waals surface area (Å²) >= 11 is 0. The lowest BCUT2D eigenvalue weighted by Crippen LogP contribution is -2.03. The molecule has 146 valence electrons. The third-order valence-electron chi connectivity index (χ3n) is 3.01. The Labute approximate surface area is 156 Å². The van der Waals surface area contributed by atoms with Crippen molar-refractivity contribution in [2.45, 2.75) is 87.5 Å². The van der Waals surface area contributed by atoms with Crippen LogP contribution in [-0.2, 0) is 16.0 Å². The van der Waals surface area contributed by atoms with E-state index in [1.54, 1.807) is 12.1 Å². The first kappa shape index (κ1) is 28.2. The second-order valence-electron chi connectivity index (χ2n) is 5.05. The normalized spacial score (nSPS) is 8.48. The first-order valence-corrected chi connectivity index (χ1v) is 9.74. The van der Waals surface area contributed by atoms with E-state index in [-0.39, 0.29) is 11.8 Å². The van der Waals surface area contributed by atoms with E-state index in [0.717, 1.165) is 5.56 Å². The summed E-state index contributed by atoms with van der Waals surface area (Å²) < 4.78 is 4.82. The highest BCUT2D eigenvalue weighted by molar-refractivity contribution is 5.93. The Morgan fingerprint density at radius 1 is 0.840 bits per heavy atom. The topological polar surface area (TPSA) is 43.4 Å². The molecule has 0 amide bonds. The average molecular weight is 353 g/mol. The lowest BCUT2D eigenvalue weighted by molar-refractivity contribution is -0.140. The molecule has 0 N–H and O–H groups in total. The van der Waals surface area contributed by atoms with Gasteiger partial charge >= 0.3 is 5.97 Å². The van der Waals surface area contributed by atoms with Crippen molar-refractivity contribution >= 4 is 11.8 Å². The molecular formula is C22H40O3. The molecule has 0 aliphatic heterocycles. The van der Waals surface area contributed by atoms with Gasteiger partial charge in [0.05, 0.1) is 6.61 Å². The maximum atomic E-state index is 11.0. The van der Waals surface area contributed by atoms with Crippen molar-refractivity contribution in [3.05, 3.63) is 35.4 Å². The number of carbonyl (C=O) groups is 2. The van der Waals surface area contributed by atoms with E-state index < -0.39 is 0 Å². The lowest BCUT2D eigenvalue weighted by atomic mass is 10.1. The van der Waals surface area contributed by atoms with E-state index in [0.29, 0.717) is 18.6 Å². The van der Waals surface area contributed by atoms with Crippen molar-refractivity contribution in [1.82, 2.24) is 0 Å². The van der Waals surface area contributed by atoms with E-state index in [9.17, 15) is 9.59 Å². The first-order chi connectivity index (χ1) is 12.0. The fourth-order valence-electron chi connectivity index (χ4n) is 1.72. The Morgan fingerprint density at radius 3 is 1.60 bits per heavy atom. The number of hydrogen-bond donors (Lipinski definition) is 0. The molecule has 0 atom stereocenters. The van der Waals surface area contributed by atoms with Crippen LogP contribution in [0.1, 0.15) is 97.0 Å². The molecule has 0 aliphatic rings. The summed E-state index contributed by atoms with van der Waals surface area (Å²) in [5.41, 5.74) is 1.76. The minimum Gasteiger partial charge on any atom is -0.466 e. The van der Waals surface area contributed by atoms with Gasteiger partial charge in [-0.05, 0) is 12.5 Å². The molecule has 0 unspecified atom stereocenters. The van der Waals surface area contributed by atoms with Gasteiger partial charge in [-0.2, -0.15) is 0 Å². The molecule has 0 fully saturated rings. The van der Waals surface area contributed by atoms with Crippen molar-refractivity contribution in [3.8, 4) is 0 Å². The Bertz CT molecular complexity index is 404. The second-order valence-corrected chi connectivity index (χ2v) is 5.05. The van der Waals surface area contributed by atoms with Gasteiger partial charge in [-0.1, -0.05) is 91.5 Å². The van der Waals surface area contributed by atoms with Gasteiger partial charge in [0.25, 0.3) is 0 Å². The highest BCUT2D eigenvalue weighted by Crippen LogP contribution is 2.06. The zero-order chi connectivity index (χ0) is 20.1. The van der Waals surface area contributed by atoms with E-state index in [1.165, 1.54) is 39.5 Å². The van der Waals surface area contributed by atoms with E-state index >= 15 is 0 Å². The fraction of sp³-hybridized carbons (Fsp3) is 0.636. The highest BCUT2D eigenvalue weighted by atomic mass is 16.5. The van der Waals surface area contributed by atoms with Crippen LogP contribution in [0, 0.1) is 0 Å². The van der Waals surface area contributed by atoms with Gasteiger partial charge < -0.3 is 4.74 Å². The zero-order valence-electron chi connectivity index (χ0n) is 17.8.